The highest BCUT2D eigenvalue weighted by molar-refractivity contribution is 6.30. The minimum atomic E-state index is -0.455. The van der Waals surface area contributed by atoms with E-state index in [0.717, 1.165) is 44.8 Å². The zero-order chi connectivity index (χ0) is 22.4. The second kappa shape index (κ2) is 7.88. The molecule has 1 aliphatic heterocycles. The minimum absolute atomic E-state index is 0.0382. The molecule has 1 unspecified atom stereocenters. The Bertz CT molecular complexity index is 1370. The SMILES string of the molecule is CC(=O)CC1N=C(c2ccc(Cl)cc2)c2cc(-c3cnn(C)c3)ccc2-c2c(C)noc21. The summed E-state index contributed by atoms with van der Waals surface area (Å²) in [4.78, 5) is 17.1. The van der Waals surface area contributed by atoms with E-state index in [4.69, 9.17) is 21.1 Å². The van der Waals surface area contributed by atoms with Crippen molar-refractivity contribution in [3.05, 3.63) is 82.5 Å². The smallest absolute Gasteiger partial charge is 0.169 e. The van der Waals surface area contributed by atoms with Gasteiger partial charge in [-0.3, -0.25) is 14.5 Å². The van der Waals surface area contributed by atoms with Crippen LogP contribution in [0.2, 0.25) is 5.02 Å². The number of rotatable bonds is 4. The molecule has 7 heteroatoms. The van der Waals surface area contributed by atoms with Crippen molar-refractivity contribution in [1.29, 1.82) is 0 Å². The highest BCUT2D eigenvalue weighted by atomic mass is 35.5. The fraction of sp³-hybridized carbons (Fsp3) is 0.200. The lowest BCUT2D eigenvalue weighted by atomic mass is 9.90. The molecule has 0 spiro atoms. The van der Waals surface area contributed by atoms with Crippen LogP contribution in [0.15, 0.2) is 64.4 Å². The highest BCUT2D eigenvalue weighted by Crippen LogP contribution is 2.42. The topological polar surface area (TPSA) is 73.3 Å². The van der Waals surface area contributed by atoms with Crippen LogP contribution in [0, 0.1) is 6.92 Å². The Balaban J connectivity index is 1.79. The summed E-state index contributed by atoms with van der Waals surface area (Å²) < 4.78 is 7.49. The van der Waals surface area contributed by atoms with Crippen LogP contribution in [0.4, 0.5) is 0 Å². The number of halogens is 1. The number of nitrogens with zero attached hydrogens (tertiary/aromatic N) is 4. The lowest BCUT2D eigenvalue weighted by molar-refractivity contribution is -0.117. The standard InChI is InChI=1S/C25H21ClN4O2/c1-14(31)10-22-25-23(15(2)29-32-25)20-9-6-17(18-12-27-30(3)13-18)11-21(20)24(28-22)16-4-7-19(26)8-5-16/h4-9,11-13,22H,10H2,1-3H3. The predicted molar refractivity (Wildman–Crippen MR) is 124 cm³/mol. The molecule has 1 atom stereocenters. The normalized spacial score (nSPS) is 15.0. The van der Waals surface area contributed by atoms with Crippen molar-refractivity contribution in [2.24, 2.45) is 12.0 Å². The van der Waals surface area contributed by atoms with Gasteiger partial charge in [0, 0.05) is 41.4 Å². The second-order valence-electron chi connectivity index (χ2n) is 8.08. The van der Waals surface area contributed by atoms with Crippen molar-refractivity contribution in [3.8, 4) is 22.3 Å². The summed E-state index contributed by atoms with van der Waals surface area (Å²) in [5.41, 5.74) is 7.35. The molecule has 0 saturated heterocycles. The molecule has 6 nitrogen and oxygen atoms in total. The van der Waals surface area contributed by atoms with Crippen molar-refractivity contribution >= 4 is 23.1 Å². The van der Waals surface area contributed by atoms with Crippen LogP contribution in [0.3, 0.4) is 0 Å². The van der Waals surface area contributed by atoms with Gasteiger partial charge in [-0.2, -0.15) is 5.10 Å². The fourth-order valence-corrected chi connectivity index (χ4v) is 4.31. The average molecular weight is 445 g/mol. The first-order valence-corrected chi connectivity index (χ1v) is 10.7. The number of aromatic nitrogens is 3. The van der Waals surface area contributed by atoms with Gasteiger partial charge >= 0.3 is 0 Å². The molecule has 0 amide bonds. The number of aliphatic imine (C=N–C) groups is 1. The summed E-state index contributed by atoms with van der Waals surface area (Å²) in [6.07, 6.45) is 4.06. The predicted octanol–water partition coefficient (Wildman–Crippen LogP) is 5.58. The van der Waals surface area contributed by atoms with E-state index in [1.807, 2.05) is 50.6 Å². The van der Waals surface area contributed by atoms with Crippen molar-refractivity contribution in [2.45, 2.75) is 26.3 Å². The Kier molecular flexibility index (Phi) is 5.02. The third kappa shape index (κ3) is 3.56. The van der Waals surface area contributed by atoms with E-state index in [1.165, 1.54) is 0 Å². The van der Waals surface area contributed by atoms with Crippen LogP contribution < -0.4 is 0 Å². The molecule has 3 heterocycles. The van der Waals surface area contributed by atoms with E-state index >= 15 is 0 Å². The van der Waals surface area contributed by atoms with E-state index in [2.05, 4.69) is 28.5 Å². The molecule has 32 heavy (non-hydrogen) atoms. The van der Waals surface area contributed by atoms with E-state index in [9.17, 15) is 4.79 Å². The van der Waals surface area contributed by atoms with Crippen LogP contribution in [0.1, 0.15) is 42.0 Å². The van der Waals surface area contributed by atoms with E-state index < -0.39 is 6.04 Å². The Hall–Kier alpha value is -3.51. The van der Waals surface area contributed by atoms with Crippen molar-refractivity contribution < 1.29 is 9.32 Å². The summed E-state index contributed by atoms with van der Waals surface area (Å²) in [6, 6.07) is 13.4. The molecule has 0 radical (unpaired) electrons. The van der Waals surface area contributed by atoms with Gasteiger partial charge in [0.15, 0.2) is 5.76 Å². The highest BCUT2D eigenvalue weighted by Gasteiger charge is 2.31. The van der Waals surface area contributed by atoms with Gasteiger partial charge in [-0.15, -0.1) is 0 Å². The van der Waals surface area contributed by atoms with Gasteiger partial charge < -0.3 is 4.52 Å². The first-order chi connectivity index (χ1) is 15.4. The Labute approximate surface area is 190 Å². The molecule has 2 aromatic heterocycles. The number of aryl methyl sites for hydroxylation is 2. The fourth-order valence-electron chi connectivity index (χ4n) is 4.18. The summed E-state index contributed by atoms with van der Waals surface area (Å²) in [5, 5.41) is 9.16. The summed E-state index contributed by atoms with van der Waals surface area (Å²) in [7, 11) is 1.90. The quantitative estimate of drug-likeness (QED) is 0.412. The van der Waals surface area contributed by atoms with Gasteiger partial charge in [0.1, 0.15) is 11.8 Å². The largest absolute Gasteiger partial charge is 0.358 e. The molecule has 0 N–H and O–H groups in total. The second-order valence-corrected chi connectivity index (χ2v) is 8.51. The van der Waals surface area contributed by atoms with Crippen LogP contribution in [-0.4, -0.2) is 26.4 Å². The van der Waals surface area contributed by atoms with Gasteiger partial charge in [-0.25, -0.2) is 0 Å². The third-order valence-electron chi connectivity index (χ3n) is 5.66. The third-order valence-corrected chi connectivity index (χ3v) is 5.91. The summed E-state index contributed by atoms with van der Waals surface area (Å²) >= 11 is 6.15. The molecule has 1 aliphatic rings. The number of carbonyl (C=O) groups excluding carboxylic acids is 1. The van der Waals surface area contributed by atoms with Gasteiger partial charge in [-0.05, 0) is 43.2 Å². The summed E-state index contributed by atoms with van der Waals surface area (Å²) in [5.74, 6) is 0.660. The number of benzene rings is 2. The van der Waals surface area contributed by atoms with Gasteiger partial charge in [0.2, 0.25) is 0 Å². The minimum Gasteiger partial charge on any atom is -0.358 e. The van der Waals surface area contributed by atoms with E-state index in [0.29, 0.717) is 10.8 Å². The Morgan fingerprint density at radius 1 is 1.09 bits per heavy atom. The molecular weight excluding hydrogens is 424 g/mol. The van der Waals surface area contributed by atoms with Crippen LogP contribution >= 0.6 is 11.6 Å². The van der Waals surface area contributed by atoms with Gasteiger partial charge in [0.05, 0.1) is 23.2 Å². The molecule has 0 aliphatic carbocycles. The number of hydrogen-bond acceptors (Lipinski definition) is 5. The van der Waals surface area contributed by atoms with Gasteiger partial charge in [0.25, 0.3) is 0 Å². The maximum absolute atomic E-state index is 12.1. The van der Waals surface area contributed by atoms with E-state index in [1.54, 1.807) is 11.6 Å². The number of Topliss-reactive ketones (excluding diaryl/α,β-unsaturated/α-hetero) is 1. The molecule has 5 rings (SSSR count). The number of hydrogen-bond donors (Lipinski definition) is 0. The van der Waals surface area contributed by atoms with Gasteiger partial charge in [-0.1, -0.05) is 41.0 Å². The van der Waals surface area contributed by atoms with Crippen LogP contribution in [0.25, 0.3) is 22.3 Å². The Morgan fingerprint density at radius 3 is 2.53 bits per heavy atom. The van der Waals surface area contributed by atoms with Crippen molar-refractivity contribution in [1.82, 2.24) is 14.9 Å². The molecule has 0 bridgehead atoms. The number of carbonyl (C=O) groups is 1. The molecule has 2 aromatic carbocycles. The monoisotopic (exact) mass is 444 g/mol. The lowest BCUT2D eigenvalue weighted by Gasteiger charge is -2.13. The zero-order valence-electron chi connectivity index (χ0n) is 18.0. The number of fused-ring (bicyclic) bond motifs is 3. The zero-order valence-corrected chi connectivity index (χ0v) is 18.7. The molecular formula is C25H21ClN4O2. The molecule has 160 valence electrons. The molecule has 4 aromatic rings. The maximum Gasteiger partial charge on any atom is 0.169 e. The van der Waals surface area contributed by atoms with Crippen molar-refractivity contribution in [2.75, 3.05) is 0 Å². The molecule has 0 fully saturated rings. The Morgan fingerprint density at radius 2 is 1.84 bits per heavy atom. The lowest BCUT2D eigenvalue weighted by Crippen LogP contribution is -2.08. The summed E-state index contributed by atoms with van der Waals surface area (Å²) in [6.45, 7) is 3.48. The van der Waals surface area contributed by atoms with Crippen LogP contribution in [-0.2, 0) is 11.8 Å². The van der Waals surface area contributed by atoms with Crippen molar-refractivity contribution in [3.63, 3.8) is 0 Å². The first-order valence-electron chi connectivity index (χ1n) is 10.3. The van der Waals surface area contributed by atoms with Crippen LogP contribution in [0.5, 0.6) is 0 Å². The van der Waals surface area contributed by atoms with E-state index in [-0.39, 0.29) is 12.2 Å². The maximum atomic E-state index is 12.1. The first kappa shape index (κ1) is 20.4. The number of ketones is 1. The average Bonchev–Trinajstić information content (AvgIpc) is 3.33. The molecule has 0 saturated carbocycles.